The molecule has 3 nitrogen and oxygen atoms in total. The Bertz CT molecular complexity index is 164. The summed E-state index contributed by atoms with van der Waals surface area (Å²) in [4.78, 5) is 2.31. The van der Waals surface area contributed by atoms with Crippen molar-refractivity contribution >= 4 is 0 Å². The molecule has 1 aliphatic rings. The van der Waals surface area contributed by atoms with Crippen LogP contribution in [0, 0.1) is 5.92 Å². The third-order valence-electron chi connectivity index (χ3n) is 3.30. The van der Waals surface area contributed by atoms with E-state index in [0.717, 1.165) is 38.2 Å². The van der Waals surface area contributed by atoms with Crippen LogP contribution in [-0.4, -0.2) is 51.3 Å². The van der Waals surface area contributed by atoms with Gasteiger partial charge in [0.05, 0.1) is 6.61 Å². The van der Waals surface area contributed by atoms with E-state index in [9.17, 15) is 0 Å². The van der Waals surface area contributed by atoms with E-state index >= 15 is 0 Å². The molecule has 0 bridgehead atoms. The van der Waals surface area contributed by atoms with Gasteiger partial charge in [-0.05, 0) is 32.2 Å². The van der Waals surface area contributed by atoms with Gasteiger partial charge in [-0.15, -0.1) is 0 Å². The van der Waals surface area contributed by atoms with Crippen LogP contribution >= 0.6 is 0 Å². The van der Waals surface area contributed by atoms with Crippen molar-refractivity contribution in [1.29, 1.82) is 0 Å². The van der Waals surface area contributed by atoms with Gasteiger partial charge in [-0.1, -0.05) is 6.92 Å². The van der Waals surface area contributed by atoms with Crippen molar-refractivity contribution in [2.45, 2.75) is 32.2 Å². The maximum Gasteiger partial charge on any atom is 0.0589 e. The largest absolute Gasteiger partial charge is 0.383 e. The minimum absolute atomic E-state index is 0.774. The van der Waals surface area contributed by atoms with E-state index in [1.165, 1.54) is 19.3 Å². The van der Waals surface area contributed by atoms with Crippen molar-refractivity contribution in [2.24, 2.45) is 5.92 Å². The molecule has 0 radical (unpaired) electrons. The molecule has 1 saturated carbocycles. The fourth-order valence-corrected chi connectivity index (χ4v) is 2.21. The highest BCUT2D eigenvalue weighted by Gasteiger charge is 2.20. The van der Waals surface area contributed by atoms with Gasteiger partial charge in [-0.2, -0.15) is 0 Å². The normalized spacial score (nSPS) is 26.4. The molecule has 2 atom stereocenters. The van der Waals surface area contributed by atoms with E-state index < -0.39 is 0 Å². The topological polar surface area (TPSA) is 24.5 Å². The Hall–Kier alpha value is -0.120. The molecule has 0 heterocycles. The molecule has 15 heavy (non-hydrogen) atoms. The summed E-state index contributed by atoms with van der Waals surface area (Å²) in [6, 6.07) is 0.774. The van der Waals surface area contributed by atoms with Crippen LogP contribution in [0.3, 0.4) is 0 Å². The number of ether oxygens (including phenoxy) is 1. The molecule has 0 spiro atoms. The van der Waals surface area contributed by atoms with E-state index in [0.29, 0.717) is 0 Å². The molecule has 0 saturated heterocycles. The lowest BCUT2D eigenvalue weighted by molar-refractivity contribution is 0.161. The molecule has 2 unspecified atom stereocenters. The summed E-state index contributed by atoms with van der Waals surface area (Å²) in [5.41, 5.74) is 0. The molecule has 1 N–H and O–H groups in total. The molecule has 0 aromatic rings. The van der Waals surface area contributed by atoms with Crippen molar-refractivity contribution in [3.05, 3.63) is 0 Å². The highest BCUT2D eigenvalue weighted by atomic mass is 16.5. The zero-order chi connectivity index (χ0) is 11.1. The number of methoxy groups -OCH3 is 1. The Morgan fingerprint density at radius 1 is 1.33 bits per heavy atom. The van der Waals surface area contributed by atoms with Gasteiger partial charge in [0.25, 0.3) is 0 Å². The van der Waals surface area contributed by atoms with Gasteiger partial charge >= 0.3 is 0 Å². The second-order valence-electron chi connectivity index (χ2n) is 4.87. The van der Waals surface area contributed by atoms with Crippen molar-refractivity contribution in [3.8, 4) is 0 Å². The maximum atomic E-state index is 5.04. The molecular formula is C12H26N2O. The Morgan fingerprint density at radius 2 is 2.13 bits per heavy atom. The standard InChI is InChI=1S/C12H26N2O/c1-11-4-5-12(10-11)13-6-7-14(2)8-9-15-3/h11-13H,4-10H2,1-3H3. The molecule has 1 fully saturated rings. The molecular weight excluding hydrogens is 188 g/mol. The fourth-order valence-electron chi connectivity index (χ4n) is 2.21. The van der Waals surface area contributed by atoms with Crippen LogP contribution in [0.2, 0.25) is 0 Å². The first kappa shape index (κ1) is 12.9. The number of hydrogen-bond acceptors (Lipinski definition) is 3. The summed E-state index contributed by atoms with van der Waals surface area (Å²) >= 11 is 0. The van der Waals surface area contributed by atoms with Crippen LogP contribution in [0.15, 0.2) is 0 Å². The molecule has 1 rings (SSSR count). The minimum Gasteiger partial charge on any atom is -0.383 e. The zero-order valence-electron chi connectivity index (χ0n) is 10.5. The van der Waals surface area contributed by atoms with Crippen LogP contribution in [0.5, 0.6) is 0 Å². The molecule has 90 valence electrons. The molecule has 3 heteroatoms. The van der Waals surface area contributed by atoms with Gasteiger partial charge in [0.1, 0.15) is 0 Å². The Labute approximate surface area is 94.2 Å². The van der Waals surface area contributed by atoms with Gasteiger partial charge < -0.3 is 15.0 Å². The predicted octanol–water partition coefficient (Wildman–Crippen LogP) is 1.34. The van der Waals surface area contributed by atoms with Gasteiger partial charge in [0.15, 0.2) is 0 Å². The average molecular weight is 214 g/mol. The van der Waals surface area contributed by atoms with Crippen LogP contribution in [0.1, 0.15) is 26.2 Å². The van der Waals surface area contributed by atoms with Crippen LogP contribution in [0.4, 0.5) is 0 Å². The summed E-state index contributed by atoms with van der Waals surface area (Å²) in [5.74, 6) is 0.925. The molecule has 1 aliphatic carbocycles. The third kappa shape index (κ3) is 5.50. The lowest BCUT2D eigenvalue weighted by Gasteiger charge is -2.18. The van der Waals surface area contributed by atoms with Gasteiger partial charge in [0.2, 0.25) is 0 Å². The smallest absolute Gasteiger partial charge is 0.0589 e. The summed E-state index contributed by atoms with van der Waals surface area (Å²) in [5, 5.41) is 3.64. The maximum absolute atomic E-state index is 5.04. The quantitative estimate of drug-likeness (QED) is 0.692. The van der Waals surface area contributed by atoms with Crippen molar-refractivity contribution in [2.75, 3.05) is 40.4 Å². The highest BCUT2D eigenvalue weighted by Crippen LogP contribution is 2.24. The van der Waals surface area contributed by atoms with Gasteiger partial charge in [-0.3, -0.25) is 0 Å². The van der Waals surface area contributed by atoms with E-state index in [1.54, 1.807) is 7.11 Å². The lowest BCUT2D eigenvalue weighted by Crippen LogP contribution is -2.35. The lowest BCUT2D eigenvalue weighted by atomic mass is 10.1. The molecule has 0 aliphatic heterocycles. The van der Waals surface area contributed by atoms with E-state index in [4.69, 9.17) is 4.74 Å². The van der Waals surface area contributed by atoms with E-state index in [-0.39, 0.29) is 0 Å². The van der Waals surface area contributed by atoms with Gasteiger partial charge in [-0.25, -0.2) is 0 Å². The van der Waals surface area contributed by atoms with Crippen molar-refractivity contribution < 1.29 is 4.74 Å². The second kappa shape index (κ2) is 7.20. The van der Waals surface area contributed by atoms with Crippen LogP contribution < -0.4 is 5.32 Å². The second-order valence-corrected chi connectivity index (χ2v) is 4.87. The number of nitrogens with zero attached hydrogens (tertiary/aromatic N) is 1. The number of hydrogen-bond donors (Lipinski definition) is 1. The third-order valence-corrected chi connectivity index (χ3v) is 3.30. The molecule has 0 amide bonds. The van der Waals surface area contributed by atoms with Gasteiger partial charge in [0, 0.05) is 32.8 Å². The first-order valence-electron chi connectivity index (χ1n) is 6.13. The number of nitrogens with one attached hydrogen (secondary N) is 1. The highest BCUT2D eigenvalue weighted by molar-refractivity contribution is 4.78. The Kier molecular flexibility index (Phi) is 6.22. The monoisotopic (exact) mass is 214 g/mol. The predicted molar refractivity (Wildman–Crippen MR) is 64.2 cm³/mol. The number of rotatable bonds is 7. The zero-order valence-corrected chi connectivity index (χ0v) is 10.5. The summed E-state index contributed by atoms with van der Waals surface area (Å²) in [6.45, 7) is 6.44. The van der Waals surface area contributed by atoms with Crippen LogP contribution in [-0.2, 0) is 4.74 Å². The van der Waals surface area contributed by atoms with Crippen LogP contribution in [0.25, 0.3) is 0 Å². The Balaban J connectivity index is 1.96. The summed E-state index contributed by atoms with van der Waals surface area (Å²) in [6.07, 6.45) is 4.13. The summed E-state index contributed by atoms with van der Waals surface area (Å²) in [7, 11) is 3.91. The molecule has 0 aromatic carbocycles. The minimum atomic E-state index is 0.774. The first-order valence-corrected chi connectivity index (χ1v) is 6.13. The fraction of sp³-hybridized carbons (Fsp3) is 1.00. The SMILES string of the molecule is COCCN(C)CCNC1CCC(C)C1. The number of likely N-dealkylation sites (N-methyl/N-ethyl adjacent to an activating group) is 1. The first-order chi connectivity index (χ1) is 7.22. The van der Waals surface area contributed by atoms with Crippen molar-refractivity contribution in [3.63, 3.8) is 0 Å². The summed E-state index contributed by atoms with van der Waals surface area (Å²) < 4.78 is 5.04. The Morgan fingerprint density at radius 3 is 2.73 bits per heavy atom. The van der Waals surface area contributed by atoms with E-state index in [2.05, 4.69) is 24.2 Å². The average Bonchev–Trinajstić information content (AvgIpc) is 2.61. The van der Waals surface area contributed by atoms with Crippen molar-refractivity contribution in [1.82, 2.24) is 10.2 Å². The molecule has 0 aromatic heterocycles. The van der Waals surface area contributed by atoms with E-state index in [1.807, 2.05) is 0 Å².